The zero-order chi connectivity index (χ0) is 14.1. The van der Waals surface area contributed by atoms with Crippen LogP contribution >= 0.6 is 11.3 Å². The summed E-state index contributed by atoms with van der Waals surface area (Å²) in [5, 5.41) is 16.0. The van der Waals surface area contributed by atoms with Gasteiger partial charge in [-0.1, -0.05) is 13.0 Å². The van der Waals surface area contributed by atoms with Gasteiger partial charge in [0.1, 0.15) is 0 Å². The maximum absolute atomic E-state index is 11.6. The summed E-state index contributed by atoms with van der Waals surface area (Å²) >= 11 is 1.34. The number of aliphatic hydroxyl groups excluding tert-OH is 1. The summed E-state index contributed by atoms with van der Waals surface area (Å²) in [7, 11) is 0. The van der Waals surface area contributed by atoms with Gasteiger partial charge in [0.2, 0.25) is 5.91 Å². The Morgan fingerprint density at radius 1 is 1.42 bits per heavy atom. The highest BCUT2D eigenvalue weighted by Gasteiger charge is 2.08. The lowest BCUT2D eigenvalue weighted by molar-refractivity contribution is -0.120. The number of aliphatic hydroxyl groups is 1. The third-order valence-electron chi connectivity index (χ3n) is 2.66. The van der Waals surface area contributed by atoms with E-state index in [1.807, 2.05) is 12.3 Å². The largest absolute Gasteiger partial charge is 0.396 e. The maximum atomic E-state index is 11.6. The molecule has 6 heteroatoms. The van der Waals surface area contributed by atoms with Gasteiger partial charge in [0.05, 0.1) is 11.4 Å². The second kappa shape index (κ2) is 8.66. The lowest BCUT2D eigenvalue weighted by Crippen LogP contribution is -2.37. The average molecular weight is 284 g/mol. The molecule has 5 nitrogen and oxygen atoms in total. The molecule has 106 valence electrons. The van der Waals surface area contributed by atoms with E-state index in [4.69, 9.17) is 5.11 Å². The molecule has 0 aliphatic heterocycles. The summed E-state index contributed by atoms with van der Waals surface area (Å²) in [6.07, 6.45) is 1.70. The molecule has 0 aromatic carbocycles. The molecule has 3 N–H and O–H groups in total. The number of nitrogens with one attached hydrogen (secondary N) is 2. The molecular weight excluding hydrogens is 264 g/mol. The Kier molecular flexibility index (Phi) is 7.14. The fraction of sp³-hybridized carbons (Fsp3) is 0.538. The van der Waals surface area contributed by atoms with Gasteiger partial charge in [-0.25, -0.2) is 0 Å². The number of rotatable bonds is 8. The van der Waals surface area contributed by atoms with E-state index in [-0.39, 0.29) is 30.9 Å². The second-order valence-electron chi connectivity index (χ2n) is 4.44. The van der Waals surface area contributed by atoms with Crippen molar-refractivity contribution in [3.8, 4) is 0 Å². The monoisotopic (exact) mass is 284 g/mol. The first kappa shape index (κ1) is 15.7. The van der Waals surface area contributed by atoms with Crippen molar-refractivity contribution >= 4 is 23.2 Å². The molecule has 0 fully saturated rings. The fourth-order valence-electron chi connectivity index (χ4n) is 1.49. The molecule has 0 spiro atoms. The zero-order valence-electron chi connectivity index (χ0n) is 11.0. The number of carbonyl (C=O) groups is 2. The molecule has 1 aromatic heterocycles. The minimum atomic E-state index is -0.223. The van der Waals surface area contributed by atoms with Crippen molar-refractivity contribution in [1.29, 1.82) is 0 Å². The lowest BCUT2D eigenvalue weighted by Gasteiger charge is -2.08. The highest BCUT2D eigenvalue weighted by Crippen LogP contribution is 2.07. The molecule has 0 aliphatic rings. The molecule has 0 saturated heterocycles. The second-order valence-corrected chi connectivity index (χ2v) is 5.39. The molecule has 1 aromatic rings. The van der Waals surface area contributed by atoms with E-state index in [1.54, 1.807) is 12.1 Å². The van der Waals surface area contributed by atoms with Gasteiger partial charge >= 0.3 is 0 Å². The van der Waals surface area contributed by atoms with E-state index >= 15 is 0 Å². The third kappa shape index (κ3) is 6.35. The Hall–Kier alpha value is -1.40. The molecule has 1 atom stereocenters. The highest BCUT2D eigenvalue weighted by atomic mass is 32.1. The Bertz CT molecular complexity index is 393. The molecule has 0 aliphatic carbocycles. The summed E-state index contributed by atoms with van der Waals surface area (Å²) in [6.45, 7) is 2.69. The van der Waals surface area contributed by atoms with Gasteiger partial charge in [0.25, 0.3) is 5.91 Å². The number of hydrogen-bond acceptors (Lipinski definition) is 4. The van der Waals surface area contributed by atoms with Crippen LogP contribution in [-0.2, 0) is 4.79 Å². The Labute approximate surface area is 117 Å². The van der Waals surface area contributed by atoms with E-state index in [1.165, 1.54) is 11.3 Å². The van der Waals surface area contributed by atoms with Crippen LogP contribution in [-0.4, -0.2) is 36.6 Å². The van der Waals surface area contributed by atoms with Crippen LogP contribution in [0.15, 0.2) is 17.5 Å². The van der Waals surface area contributed by atoms with Crippen LogP contribution in [0, 0.1) is 5.92 Å². The van der Waals surface area contributed by atoms with Crippen LogP contribution in [0.1, 0.15) is 29.4 Å². The smallest absolute Gasteiger partial charge is 0.261 e. The molecule has 1 heterocycles. The standard InChI is InChI=1S/C13H20N2O3S/c1-10(9-16)4-2-6-14-12(17)8-15-13(18)11-5-3-7-19-11/h3,5,7,10,16H,2,4,6,8-9H2,1H3,(H,14,17)(H,15,18). The SMILES string of the molecule is CC(CO)CCCNC(=O)CNC(=O)c1cccs1. The minimum Gasteiger partial charge on any atom is -0.396 e. The zero-order valence-corrected chi connectivity index (χ0v) is 11.8. The van der Waals surface area contributed by atoms with Crippen LogP contribution in [0.5, 0.6) is 0 Å². The predicted octanol–water partition coefficient (Wildman–Crippen LogP) is 1.00. The molecule has 0 radical (unpaired) electrons. The van der Waals surface area contributed by atoms with Crippen LogP contribution in [0.3, 0.4) is 0 Å². The summed E-state index contributed by atoms with van der Waals surface area (Å²) in [6, 6.07) is 3.51. The summed E-state index contributed by atoms with van der Waals surface area (Å²) in [4.78, 5) is 23.6. The van der Waals surface area contributed by atoms with Gasteiger partial charge in [0.15, 0.2) is 0 Å². The number of amides is 2. The van der Waals surface area contributed by atoms with E-state index in [0.29, 0.717) is 11.4 Å². The molecule has 0 bridgehead atoms. The van der Waals surface area contributed by atoms with Gasteiger partial charge in [-0.15, -0.1) is 11.3 Å². The normalized spacial score (nSPS) is 11.9. The summed E-state index contributed by atoms with van der Waals surface area (Å²) < 4.78 is 0. The highest BCUT2D eigenvalue weighted by molar-refractivity contribution is 7.12. The molecule has 0 saturated carbocycles. The fourth-order valence-corrected chi connectivity index (χ4v) is 2.13. The lowest BCUT2D eigenvalue weighted by atomic mass is 10.1. The number of thiophene rings is 1. The average Bonchev–Trinajstić information content (AvgIpc) is 2.94. The van der Waals surface area contributed by atoms with Crippen molar-refractivity contribution in [3.63, 3.8) is 0 Å². The summed E-state index contributed by atoms with van der Waals surface area (Å²) in [5.41, 5.74) is 0. The topological polar surface area (TPSA) is 78.4 Å². The van der Waals surface area contributed by atoms with E-state index < -0.39 is 0 Å². The number of carbonyl (C=O) groups excluding carboxylic acids is 2. The van der Waals surface area contributed by atoms with Gasteiger partial charge in [0, 0.05) is 13.2 Å². The van der Waals surface area contributed by atoms with Crippen LogP contribution < -0.4 is 10.6 Å². The van der Waals surface area contributed by atoms with Crippen molar-refractivity contribution in [2.45, 2.75) is 19.8 Å². The van der Waals surface area contributed by atoms with Gasteiger partial charge in [-0.3, -0.25) is 9.59 Å². The molecule has 2 amide bonds. The van der Waals surface area contributed by atoms with Crippen molar-refractivity contribution in [3.05, 3.63) is 22.4 Å². The van der Waals surface area contributed by atoms with E-state index in [2.05, 4.69) is 10.6 Å². The maximum Gasteiger partial charge on any atom is 0.261 e. The molecular formula is C13H20N2O3S. The van der Waals surface area contributed by atoms with Crippen LogP contribution in [0.25, 0.3) is 0 Å². The third-order valence-corrected chi connectivity index (χ3v) is 3.53. The Morgan fingerprint density at radius 3 is 2.84 bits per heavy atom. The molecule has 19 heavy (non-hydrogen) atoms. The van der Waals surface area contributed by atoms with Gasteiger partial charge < -0.3 is 15.7 Å². The van der Waals surface area contributed by atoms with Crippen molar-refractivity contribution in [1.82, 2.24) is 10.6 Å². The summed E-state index contributed by atoms with van der Waals surface area (Å²) in [5.74, 6) is -0.156. The first-order valence-electron chi connectivity index (χ1n) is 6.32. The van der Waals surface area contributed by atoms with Crippen molar-refractivity contribution in [2.24, 2.45) is 5.92 Å². The molecule has 1 unspecified atom stereocenters. The molecule has 1 rings (SSSR count). The first-order chi connectivity index (χ1) is 9.13. The predicted molar refractivity (Wildman–Crippen MR) is 75.1 cm³/mol. The van der Waals surface area contributed by atoms with Crippen molar-refractivity contribution < 1.29 is 14.7 Å². The first-order valence-corrected chi connectivity index (χ1v) is 7.20. The number of hydrogen-bond donors (Lipinski definition) is 3. The van der Waals surface area contributed by atoms with Crippen molar-refractivity contribution in [2.75, 3.05) is 19.7 Å². The van der Waals surface area contributed by atoms with Crippen LogP contribution in [0.2, 0.25) is 0 Å². The van der Waals surface area contributed by atoms with E-state index in [0.717, 1.165) is 12.8 Å². The van der Waals surface area contributed by atoms with Gasteiger partial charge in [-0.2, -0.15) is 0 Å². The minimum absolute atomic E-state index is 0.00765. The Balaban J connectivity index is 2.10. The Morgan fingerprint density at radius 2 is 2.21 bits per heavy atom. The van der Waals surface area contributed by atoms with Gasteiger partial charge in [-0.05, 0) is 30.2 Å². The van der Waals surface area contributed by atoms with Crippen LogP contribution in [0.4, 0.5) is 0 Å². The van der Waals surface area contributed by atoms with E-state index in [9.17, 15) is 9.59 Å². The quantitative estimate of drug-likeness (QED) is 0.623.